The van der Waals surface area contributed by atoms with E-state index in [4.69, 9.17) is 4.74 Å². The smallest absolute Gasteiger partial charge is 0.347 e. The number of para-hydroxylation sites is 2. The van der Waals surface area contributed by atoms with Gasteiger partial charge in [-0.25, -0.2) is 9.59 Å². The van der Waals surface area contributed by atoms with Gasteiger partial charge in [-0.1, -0.05) is 48.5 Å². The Balaban J connectivity index is 1.61. The summed E-state index contributed by atoms with van der Waals surface area (Å²) in [6.45, 7) is 4.11. The Bertz CT molecular complexity index is 1150. The highest BCUT2D eigenvalue weighted by atomic mass is 16.5. The predicted octanol–water partition coefficient (Wildman–Crippen LogP) is 5.21. The maximum absolute atomic E-state index is 13.7. The molecule has 1 aliphatic heterocycles. The third kappa shape index (κ3) is 4.93. The van der Waals surface area contributed by atoms with Crippen molar-refractivity contribution < 1.29 is 19.5 Å². The molecular formula is C27H30N4O4. The van der Waals surface area contributed by atoms with E-state index in [-0.39, 0.29) is 6.03 Å². The average molecular weight is 475 g/mol. The van der Waals surface area contributed by atoms with E-state index in [1.165, 1.54) is 4.90 Å². The van der Waals surface area contributed by atoms with Crippen molar-refractivity contribution in [2.24, 2.45) is 0 Å². The fourth-order valence-corrected chi connectivity index (χ4v) is 4.42. The molecule has 8 heteroatoms. The number of anilines is 2. The van der Waals surface area contributed by atoms with Crippen LogP contribution in [0.4, 0.5) is 21.0 Å². The molecule has 4 rings (SSSR count). The lowest BCUT2D eigenvalue weighted by Crippen LogP contribution is -2.58. The first kappa shape index (κ1) is 24.1. The monoisotopic (exact) mass is 474 g/mol. The normalized spacial score (nSPS) is 16.8. The number of carbonyl (C=O) groups excluding carboxylic acids is 2. The third-order valence-electron chi connectivity index (χ3n) is 6.29. The van der Waals surface area contributed by atoms with Gasteiger partial charge in [-0.2, -0.15) is 5.06 Å². The predicted molar refractivity (Wildman–Crippen MR) is 135 cm³/mol. The largest absolute Gasteiger partial charge is 0.497 e. The summed E-state index contributed by atoms with van der Waals surface area (Å²) >= 11 is 0. The zero-order valence-corrected chi connectivity index (χ0v) is 20.1. The molecule has 0 spiro atoms. The van der Waals surface area contributed by atoms with E-state index in [1.54, 1.807) is 48.4 Å². The molecule has 1 saturated heterocycles. The van der Waals surface area contributed by atoms with Crippen LogP contribution in [0.3, 0.4) is 0 Å². The first-order chi connectivity index (χ1) is 16.8. The van der Waals surface area contributed by atoms with Gasteiger partial charge in [0, 0.05) is 17.9 Å². The van der Waals surface area contributed by atoms with E-state index in [0.29, 0.717) is 29.4 Å². The van der Waals surface area contributed by atoms with Crippen molar-refractivity contribution in [2.75, 3.05) is 23.9 Å². The van der Waals surface area contributed by atoms with Crippen molar-refractivity contribution >= 4 is 23.4 Å². The maximum Gasteiger partial charge on any atom is 0.347 e. The van der Waals surface area contributed by atoms with E-state index in [2.05, 4.69) is 5.32 Å². The second-order valence-corrected chi connectivity index (χ2v) is 8.91. The summed E-state index contributed by atoms with van der Waals surface area (Å²) < 4.78 is 5.22. The van der Waals surface area contributed by atoms with Crippen molar-refractivity contribution in [3.8, 4) is 5.75 Å². The van der Waals surface area contributed by atoms with Crippen molar-refractivity contribution in [2.45, 2.75) is 32.0 Å². The van der Waals surface area contributed by atoms with Crippen LogP contribution in [0.25, 0.3) is 0 Å². The van der Waals surface area contributed by atoms with Crippen molar-refractivity contribution in [3.05, 3.63) is 90.5 Å². The molecule has 1 heterocycles. The lowest BCUT2D eigenvalue weighted by Gasteiger charge is -2.38. The van der Waals surface area contributed by atoms with Gasteiger partial charge in [0.05, 0.1) is 12.6 Å². The molecule has 0 aliphatic carbocycles. The van der Waals surface area contributed by atoms with Crippen LogP contribution >= 0.6 is 0 Å². The summed E-state index contributed by atoms with van der Waals surface area (Å²) in [5.74, 6) is 0.766. The Hall–Kier alpha value is -4.04. The zero-order chi connectivity index (χ0) is 25.0. The SMILES string of the molecule is COc1ccc(CCN2C(=O)N(c3ccccc3)[C@H](N(O)C(=O)Nc3ccccc3)C2(C)C)cc1. The van der Waals surface area contributed by atoms with Crippen LogP contribution in [0, 0.1) is 0 Å². The van der Waals surface area contributed by atoms with E-state index in [1.807, 2.05) is 62.4 Å². The van der Waals surface area contributed by atoms with Crippen LogP contribution in [0.15, 0.2) is 84.9 Å². The van der Waals surface area contributed by atoms with E-state index in [0.717, 1.165) is 11.3 Å². The summed E-state index contributed by atoms with van der Waals surface area (Å²) in [6, 6.07) is 24.6. The van der Waals surface area contributed by atoms with Crippen LogP contribution < -0.4 is 15.0 Å². The van der Waals surface area contributed by atoms with E-state index < -0.39 is 17.7 Å². The number of ether oxygens (including phenoxy) is 1. The highest BCUT2D eigenvalue weighted by Crippen LogP contribution is 2.38. The van der Waals surface area contributed by atoms with Gasteiger partial charge in [-0.3, -0.25) is 10.1 Å². The lowest BCUT2D eigenvalue weighted by atomic mass is 9.99. The molecule has 1 aliphatic rings. The van der Waals surface area contributed by atoms with Crippen molar-refractivity contribution in [1.29, 1.82) is 0 Å². The number of hydroxylamine groups is 2. The first-order valence-corrected chi connectivity index (χ1v) is 11.5. The lowest BCUT2D eigenvalue weighted by molar-refractivity contribution is -0.0947. The number of nitrogens with zero attached hydrogens (tertiary/aromatic N) is 3. The molecule has 4 amide bonds. The molecule has 0 saturated carbocycles. The number of rotatable bonds is 7. The van der Waals surface area contributed by atoms with Gasteiger partial charge in [0.2, 0.25) is 0 Å². The Morgan fingerprint density at radius 2 is 1.60 bits per heavy atom. The van der Waals surface area contributed by atoms with Crippen molar-refractivity contribution in [1.82, 2.24) is 9.96 Å². The number of nitrogens with one attached hydrogen (secondary N) is 1. The van der Waals surface area contributed by atoms with Crippen molar-refractivity contribution in [3.63, 3.8) is 0 Å². The number of methoxy groups -OCH3 is 1. The minimum absolute atomic E-state index is 0.286. The average Bonchev–Trinajstić information content (AvgIpc) is 3.08. The molecule has 0 unspecified atom stereocenters. The van der Waals surface area contributed by atoms with Gasteiger partial charge >= 0.3 is 12.1 Å². The zero-order valence-electron chi connectivity index (χ0n) is 20.1. The number of hydrogen-bond acceptors (Lipinski definition) is 4. The number of urea groups is 2. The molecule has 0 bridgehead atoms. The second kappa shape index (κ2) is 10.1. The highest BCUT2D eigenvalue weighted by Gasteiger charge is 2.55. The molecule has 3 aromatic rings. The first-order valence-electron chi connectivity index (χ1n) is 11.5. The van der Waals surface area contributed by atoms with Crippen LogP contribution in [0.1, 0.15) is 19.4 Å². The molecular weight excluding hydrogens is 444 g/mol. The molecule has 8 nitrogen and oxygen atoms in total. The van der Waals surface area contributed by atoms with Crippen LogP contribution in [0.2, 0.25) is 0 Å². The molecule has 3 aromatic carbocycles. The third-order valence-corrected chi connectivity index (χ3v) is 6.29. The summed E-state index contributed by atoms with van der Waals surface area (Å²) in [4.78, 5) is 29.9. The summed E-state index contributed by atoms with van der Waals surface area (Å²) in [5.41, 5.74) is 1.28. The Kier molecular flexibility index (Phi) is 6.93. The quantitative estimate of drug-likeness (QED) is 0.364. The van der Waals surface area contributed by atoms with Gasteiger partial charge < -0.3 is 15.0 Å². The number of hydrogen-bond donors (Lipinski definition) is 2. The molecule has 2 N–H and O–H groups in total. The number of carbonyl (C=O) groups is 2. The Morgan fingerprint density at radius 1 is 1.00 bits per heavy atom. The van der Waals surface area contributed by atoms with Gasteiger partial charge in [-0.15, -0.1) is 0 Å². The minimum atomic E-state index is -0.961. The van der Waals surface area contributed by atoms with E-state index >= 15 is 0 Å². The van der Waals surface area contributed by atoms with E-state index in [9.17, 15) is 14.8 Å². The maximum atomic E-state index is 13.7. The highest BCUT2D eigenvalue weighted by molar-refractivity contribution is 5.98. The summed E-state index contributed by atoms with van der Waals surface area (Å²) in [7, 11) is 1.62. The molecule has 1 atom stereocenters. The number of amides is 4. The molecule has 0 radical (unpaired) electrons. The van der Waals surface area contributed by atoms with Gasteiger partial charge in [-0.05, 0) is 62.2 Å². The molecule has 1 fully saturated rings. The van der Waals surface area contributed by atoms with Gasteiger partial charge in [0.25, 0.3) is 0 Å². The molecule has 0 aromatic heterocycles. The molecule has 182 valence electrons. The van der Waals surface area contributed by atoms with Crippen LogP contribution in [-0.2, 0) is 6.42 Å². The fourth-order valence-electron chi connectivity index (χ4n) is 4.42. The molecule has 35 heavy (non-hydrogen) atoms. The van der Waals surface area contributed by atoms with Crippen LogP contribution in [-0.4, -0.2) is 52.6 Å². The fraction of sp³-hybridized carbons (Fsp3) is 0.259. The topological polar surface area (TPSA) is 85.3 Å². The minimum Gasteiger partial charge on any atom is -0.497 e. The summed E-state index contributed by atoms with van der Waals surface area (Å²) in [5, 5.41) is 14.4. The Labute approximate surface area is 205 Å². The van der Waals surface area contributed by atoms with Crippen LogP contribution in [0.5, 0.6) is 5.75 Å². The number of benzene rings is 3. The Morgan fingerprint density at radius 3 is 2.20 bits per heavy atom. The van der Waals surface area contributed by atoms with Gasteiger partial charge in [0.15, 0.2) is 6.17 Å². The second-order valence-electron chi connectivity index (χ2n) is 8.91. The standard InChI is InChI=1S/C27H30N4O4/c1-27(2)24(31(34)25(32)28-21-10-6-4-7-11-21)30(22-12-8-5-9-13-22)26(33)29(27)19-18-20-14-16-23(35-3)17-15-20/h4-17,24,34H,18-19H2,1-3H3,(H,28,32)/t24-/m1/s1. The van der Waals surface area contributed by atoms with Gasteiger partial charge in [0.1, 0.15) is 5.75 Å². The summed E-state index contributed by atoms with van der Waals surface area (Å²) in [6.07, 6.45) is -0.354.